The quantitative estimate of drug-likeness (QED) is 0.112. The molecule has 40 heavy (non-hydrogen) atoms. The van der Waals surface area contributed by atoms with Gasteiger partial charge in [0.1, 0.15) is 73.3 Å². The molecule has 4 aliphatic heterocycles. The second-order valence-corrected chi connectivity index (χ2v) is 10.2. The molecule has 0 unspecified atom stereocenters. The number of aliphatic hydroxyl groups is 8. The van der Waals surface area contributed by atoms with Gasteiger partial charge in [-0.05, 0) is 0 Å². The highest BCUT2D eigenvalue weighted by molar-refractivity contribution is 5.74. The van der Waals surface area contributed by atoms with Gasteiger partial charge < -0.3 is 75.2 Å². The van der Waals surface area contributed by atoms with Gasteiger partial charge in [-0.25, -0.2) is 0 Å². The number of nitrogens with one attached hydrogen (secondary N) is 3. The number of carbonyl (C=O) groups is 2. The van der Waals surface area contributed by atoms with E-state index >= 15 is 0 Å². The van der Waals surface area contributed by atoms with Crippen molar-refractivity contribution in [3.8, 4) is 0 Å². The summed E-state index contributed by atoms with van der Waals surface area (Å²) in [6, 6.07) is -1.42. The SMILES string of the molecule is CC(=O)N[C@H]1[C@@H](O[C@@H]2[C@@H](CO)O[C@@H]3N[C@@]3(NC(C)=O)[C@H]2O)O[C@H](CO)[C@@H](O)[C@@H]1O[C@@H]1O[C@H](CO)[C@@H](O)[C@H](O)[C@@H]1O. The Morgan fingerprint density at radius 2 is 1.32 bits per heavy atom. The van der Waals surface area contributed by atoms with Crippen molar-refractivity contribution in [2.75, 3.05) is 19.8 Å². The molecule has 2 amide bonds. The van der Waals surface area contributed by atoms with E-state index in [2.05, 4.69) is 16.0 Å². The van der Waals surface area contributed by atoms with Gasteiger partial charge >= 0.3 is 0 Å². The van der Waals surface area contributed by atoms with Gasteiger partial charge in [-0.15, -0.1) is 0 Å². The van der Waals surface area contributed by atoms with E-state index in [1.807, 2.05) is 0 Å². The Kier molecular flexibility index (Phi) is 9.64. The Morgan fingerprint density at radius 1 is 0.750 bits per heavy atom. The number of ether oxygens (including phenoxy) is 5. The highest BCUT2D eigenvalue weighted by Gasteiger charge is 2.69. The molecular formula is C22H37N3O15. The van der Waals surface area contributed by atoms with Gasteiger partial charge in [0.2, 0.25) is 11.8 Å². The molecule has 0 aliphatic carbocycles. The van der Waals surface area contributed by atoms with Crippen LogP contribution in [-0.2, 0) is 33.3 Å². The molecule has 0 spiro atoms. The predicted octanol–water partition coefficient (Wildman–Crippen LogP) is -7.35. The lowest BCUT2D eigenvalue weighted by Crippen LogP contribution is -2.70. The Morgan fingerprint density at radius 3 is 1.90 bits per heavy atom. The van der Waals surface area contributed by atoms with E-state index in [1.54, 1.807) is 0 Å². The molecule has 4 rings (SSSR count). The monoisotopic (exact) mass is 583 g/mol. The molecule has 0 saturated carbocycles. The average Bonchev–Trinajstić information content (AvgIpc) is 3.61. The molecule has 18 nitrogen and oxygen atoms in total. The minimum atomic E-state index is -1.86. The molecule has 0 aromatic heterocycles. The molecule has 15 atom stereocenters. The third kappa shape index (κ3) is 5.83. The van der Waals surface area contributed by atoms with Crippen LogP contribution in [0.4, 0.5) is 0 Å². The molecule has 18 heteroatoms. The van der Waals surface area contributed by atoms with Gasteiger partial charge in [0.05, 0.1) is 19.8 Å². The number of carbonyl (C=O) groups excluding carboxylic acids is 2. The summed E-state index contributed by atoms with van der Waals surface area (Å²) >= 11 is 0. The standard InChI is InChI=1S/C22H37N3O15/c1-6(29)23-11-17(40-20-15(34)14(33)12(31)8(3-26)37-20)13(32)9(4-27)36-19(11)39-16-10(5-28)38-21-22(25-21,18(16)35)24-7(2)30/h8-21,25-28,31-35H,3-5H2,1-2H3,(H,23,29)(H,24,30)/t8-,9-,10-,11-,12-,13-,14+,15+,16-,17-,18+,19-,20+,21+,22+/m1/s1. The van der Waals surface area contributed by atoms with Crippen LogP contribution in [0.25, 0.3) is 0 Å². The summed E-state index contributed by atoms with van der Waals surface area (Å²) < 4.78 is 28.5. The first-order valence-corrected chi connectivity index (χ1v) is 12.7. The lowest BCUT2D eigenvalue weighted by molar-refractivity contribution is -0.353. The fourth-order valence-electron chi connectivity index (χ4n) is 5.27. The van der Waals surface area contributed by atoms with E-state index in [1.165, 1.54) is 6.92 Å². The van der Waals surface area contributed by atoms with Crippen LogP contribution in [0.2, 0.25) is 0 Å². The third-order valence-electron chi connectivity index (χ3n) is 7.37. The van der Waals surface area contributed by atoms with Gasteiger partial charge in [-0.2, -0.15) is 0 Å². The fourth-order valence-corrected chi connectivity index (χ4v) is 5.27. The maximum Gasteiger partial charge on any atom is 0.218 e. The minimum Gasteiger partial charge on any atom is -0.394 e. The van der Waals surface area contributed by atoms with Crippen molar-refractivity contribution < 1.29 is 74.1 Å². The molecular weight excluding hydrogens is 546 g/mol. The molecule has 4 saturated heterocycles. The zero-order valence-corrected chi connectivity index (χ0v) is 21.6. The predicted molar refractivity (Wildman–Crippen MR) is 124 cm³/mol. The average molecular weight is 584 g/mol. The summed E-state index contributed by atoms with van der Waals surface area (Å²) in [5, 5.41) is 89.8. The lowest BCUT2D eigenvalue weighted by atomic mass is 9.94. The molecule has 0 bridgehead atoms. The van der Waals surface area contributed by atoms with E-state index in [9.17, 15) is 50.4 Å². The first-order valence-electron chi connectivity index (χ1n) is 12.7. The molecule has 11 N–H and O–H groups in total. The smallest absolute Gasteiger partial charge is 0.218 e. The van der Waals surface area contributed by atoms with Crippen LogP contribution in [0.1, 0.15) is 13.8 Å². The van der Waals surface area contributed by atoms with Crippen LogP contribution >= 0.6 is 0 Å². The summed E-state index contributed by atoms with van der Waals surface area (Å²) in [6.07, 6.45) is -19.6. The molecule has 230 valence electrons. The van der Waals surface area contributed by atoms with Crippen molar-refractivity contribution >= 4 is 11.8 Å². The Labute approximate surface area is 227 Å². The number of aliphatic hydroxyl groups excluding tert-OH is 8. The van der Waals surface area contributed by atoms with Crippen LogP contribution in [0.5, 0.6) is 0 Å². The van der Waals surface area contributed by atoms with Crippen LogP contribution in [0.15, 0.2) is 0 Å². The molecule has 4 heterocycles. The van der Waals surface area contributed by atoms with E-state index in [0.29, 0.717) is 0 Å². The summed E-state index contributed by atoms with van der Waals surface area (Å²) in [7, 11) is 0. The summed E-state index contributed by atoms with van der Waals surface area (Å²) in [6.45, 7) is 0.178. The zero-order chi connectivity index (χ0) is 29.5. The van der Waals surface area contributed by atoms with Crippen molar-refractivity contribution in [1.82, 2.24) is 16.0 Å². The van der Waals surface area contributed by atoms with Crippen molar-refractivity contribution in [3.05, 3.63) is 0 Å². The third-order valence-corrected chi connectivity index (χ3v) is 7.37. The summed E-state index contributed by atoms with van der Waals surface area (Å²) in [5.74, 6) is -1.16. The van der Waals surface area contributed by atoms with Gasteiger partial charge in [0.25, 0.3) is 0 Å². The Balaban J connectivity index is 1.61. The minimum absolute atomic E-state index is 0.500. The second-order valence-electron chi connectivity index (χ2n) is 10.2. The van der Waals surface area contributed by atoms with Crippen molar-refractivity contribution in [1.29, 1.82) is 0 Å². The van der Waals surface area contributed by atoms with Crippen LogP contribution < -0.4 is 16.0 Å². The molecule has 0 aromatic carbocycles. The van der Waals surface area contributed by atoms with E-state index < -0.39 is 123 Å². The van der Waals surface area contributed by atoms with Gasteiger partial charge in [0, 0.05) is 13.8 Å². The second kappa shape index (κ2) is 12.3. The number of amides is 2. The van der Waals surface area contributed by atoms with E-state index in [-0.39, 0.29) is 0 Å². The largest absolute Gasteiger partial charge is 0.394 e. The normalized spacial score (nSPS) is 48.6. The van der Waals surface area contributed by atoms with Crippen LogP contribution in [-0.4, -0.2) is 164 Å². The van der Waals surface area contributed by atoms with Crippen molar-refractivity contribution in [3.63, 3.8) is 0 Å². The van der Waals surface area contributed by atoms with Crippen molar-refractivity contribution in [2.45, 2.75) is 105 Å². The van der Waals surface area contributed by atoms with Crippen molar-refractivity contribution in [2.24, 2.45) is 0 Å². The molecule has 0 radical (unpaired) electrons. The topological polar surface area (TPSA) is 288 Å². The van der Waals surface area contributed by atoms with Crippen LogP contribution in [0.3, 0.4) is 0 Å². The highest BCUT2D eigenvalue weighted by Crippen LogP contribution is 2.40. The van der Waals surface area contributed by atoms with Gasteiger partial charge in [-0.3, -0.25) is 14.9 Å². The first kappa shape index (κ1) is 31.3. The summed E-state index contributed by atoms with van der Waals surface area (Å²) in [5.41, 5.74) is -1.44. The number of hydrogen-bond donors (Lipinski definition) is 11. The Hall–Kier alpha value is -1.62. The fraction of sp³-hybridized carbons (Fsp3) is 0.909. The molecule has 0 aromatic rings. The highest BCUT2D eigenvalue weighted by atomic mass is 16.7. The number of hydrogen-bond acceptors (Lipinski definition) is 16. The van der Waals surface area contributed by atoms with E-state index in [0.717, 1.165) is 6.92 Å². The maximum absolute atomic E-state index is 12.2. The lowest BCUT2D eigenvalue weighted by Gasteiger charge is -2.49. The van der Waals surface area contributed by atoms with E-state index in [4.69, 9.17) is 23.7 Å². The summed E-state index contributed by atoms with van der Waals surface area (Å²) in [4.78, 5) is 23.9. The van der Waals surface area contributed by atoms with Crippen LogP contribution in [0, 0.1) is 0 Å². The molecule has 4 fully saturated rings. The van der Waals surface area contributed by atoms with Gasteiger partial charge in [0.15, 0.2) is 18.2 Å². The zero-order valence-electron chi connectivity index (χ0n) is 21.6. The number of rotatable bonds is 9. The molecule has 4 aliphatic rings. The first-order chi connectivity index (χ1) is 18.9. The number of fused-ring (bicyclic) bond motifs is 1. The van der Waals surface area contributed by atoms with Gasteiger partial charge in [-0.1, -0.05) is 0 Å². The maximum atomic E-state index is 12.2. The Bertz CT molecular complexity index is 915.